The maximum Gasteiger partial charge on any atom is 0.221 e. The summed E-state index contributed by atoms with van der Waals surface area (Å²) in [5.41, 5.74) is 0.626. The Kier molecular flexibility index (Phi) is 3.10. The summed E-state index contributed by atoms with van der Waals surface area (Å²) >= 11 is 0. The van der Waals surface area contributed by atoms with Gasteiger partial charge in [0.25, 0.3) is 0 Å². The van der Waals surface area contributed by atoms with E-state index in [1.165, 1.54) is 30.5 Å². The van der Waals surface area contributed by atoms with Crippen molar-refractivity contribution in [2.24, 2.45) is 0 Å². The van der Waals surface area contributed by atoms with E-state index in [4.69, 9.17) is 5.26 Å². The number of pyridine rings is 1. The zero-order chi connectivity index (χ0) is 12.3. The molecule has 0 aliphatic rings. The molecule has 84 valence electrons. The van der Waals surface area contributed by atoms with Gasteiger partial charge in [-0.15, -0.1) is 0 Å². The molecule has 2 aromatic rings. The van der Waals surface area contributed by atoms with Gasteiger partial charge in [-0.05, 0) is 17.7 Å². The fourth-order valence-corrected chi connectivity index (χ4v) is 1.65. The van der Waals surface area contributed by atoms with Crippen molar-refractivity contribution in [1.82, 2.24) is 4.98 Å². The maximum absolute atomic E-state index is 13.7. The SMILES string of the molecule is N#CCc1ccnc(F)c1-c1ccccc1F. The average molecular weight is 230 g/mol. The Morgan fingerprint density at radius 2 is 1.94 bits per heavy atom. The molecule has 0 bridgehead atoms. The molecule has 1 heterocycles. The summed E-state index contributed by atoms with van der Waals surface area (Å²) < 4.78 is 27.3. The largest absolute Gasteiger partial charge is 0.228 e. The van der Waals surface area contributed by atoms with Crippen LogP contribution in [0.5, 0.6) is 0 Å². The molecule has 1 aromatic carbocycles. The third-order valence-electron chi connectivity index (χ3n) is 2.40. The van der Waals surface area contributed by atoms with Crippen molar-refractivity contribution in [2.75, 3.05) is 0 Å². The molecule has 17 heavy (non-hydrogen) atoms. The fourth-order valence-electron chi connectivity index (χ4n) is 1.65. The number of halogens is 2. The van der Waals surface area contributed by atoms with Crippen molar-refractivity contribution >= 4 is 0 Å². The molecule has 0 spiro atoms. The van der Waals surface area contributed by atoms with Gasteiger partial charge in [0.15, 0.2) is 0 Å². The van der Waals surface area contributed by atoms with Crippen molar-refractivity contribution in [3.63, 3.8) is 0 Å². The standard InChI is InChI=1S/C13H8F2N2/c14-11-4-2-1-3-10(11)12-9(5-7-16)6-8-17-13(12)15/h1-4,6,8H,5H2. The molecule has 0 unspecified atom stereocenters. The lowest BCUT2D eigenvalue weighted by molar-refractivity contribution is 0.581. The molecule has 0 atom stereocenters. The summed E-state index contributed by atoms with van der Waals surface area (Å²) in [6, 6.07) is 9.30. The summed E-state index contributed by atoms with van der Waals surface area (Å²) in [5.74, 6) is -1.29. The van der Waals surface area contributed by atoms with Gasteiger partial charge in [0.2, 0.25) is 5.95 Å². The minimum absolute atomic E-state index is 0.0170. The summed E-state index contributed by atoms with van der Waals surface area (Å²) in [6.45, 7) is 0. The molecule has 0 saturated heterocycles. The molecule has 0 fully saturated rings. The van der Waals surface area contributed by atoms with E-state index in [0.717, 1.165) is 0 Å². The summed E-state index contributed by atoms with van der Waals surface area (Å²) in [4.78, 5) is 3.50. The minimum atomic E-state index is -0.761. The van der Waals surface area contributed by atoms with Crippen LogP contribution >= 0.6 is 0 Å². The molecule has 0 radical (unpaired) electrons. The molecule has 2 nitrogen and oxygen atoms in total. The second-order valence-corrected chi connectivity index (χ2v) is 3.45. The number of hydrogen-bond acceptors (Lipinski definition) is 2. The highest BCUT2D eigenvalue weighted by atomic mass is 19.1. The first-order valence-corrected chi connectivity index (χ1v) is 4.99. The summed E-state index contributed by atoms with van der Waals surface area (Å²) in [5, 5.41) is 8.66. The first kappa shape index (κ1) is 11.2. The van der Waals surface area contributed by atoms with E-state index in [-0.39, 0.29) is 17.5 Å². The van der Waals surface area contributed by atoms with Crippen molar-refractivity contribution < 1.29 is 8.78 Å². The van der Waals surface area contributed by atoms with Gasteiger partial charge in [0.1, 0.15) is 5.82 Å². The third kappa shape index (κ3) is 2.13. The lowest BCUT2D eigenvalue weighted by Crippen LogP contribution is -1.97. The van der Waals surface area contributed by atoms with Gasteiger partial charge in [-0.1, -0.05) is 18.2 Å². The number of nitrogens with zero attached hydrogens (tertiary/aromatic N) is 2. The first-order chi connectivity index (χ1) is 8.24. The molecule has 4 heteroatoms. The Morgan fingerprint density at radius 3 is 2.65 bits per heavy atom. The predicted molar refractivity (Wildman–Crippen MR) is 58.9 cm³/mol. The normalized spacial score (nSPS) is 9.94. The molecule has 0 N–H and O–H groups in total. The van der Waals surface area contributed by atoms with Crippen LogP contribution in [-0.2, 0) is 6.42 Å². The number of hydrogen-bond donors (Lipinski definition) is 0. The average Bonchev–Trinajstić information content (AvgIpc) is 2.31. The van der Waals surface area contributed by atoms with Crippen LogP contribution in [0.1, 0.15) is 5.56 Å². The lowest BCUT2D eigenvalue weighted by Gasteiger charge is -2.08. The van der Waals surface area contributed by atoms with Crippen LogP contribution in [0.15, 0.2) is 36.5 Å². The van der Waals surface area contributed by atoms with Crippen molar-refractivity contribution in [2.45, 2.75) is 6.42 Å². The minimum Gasteiger partial charge on any atom is -0.228 e. The maximum atomic E-state index is 13.7. The van der Waals surface area contributed by atoms with Gasteiger partial charge in [-0.25, -0.2) is 9.37 Å². The molecular formula is C13H8F2N2. The molecule has 0 aliphatic heterocycles. The molecule has 2 rings (SSSR count). The van der Waals surface area contributed by atoms with Crippen molar-refractivity contribution in [3.8, 4) is 17.2 Å². The Morgan fingerprint density at radius 1 is 1.18 bits per heavy atom. The highest BCUT2D eigenvalue weighted by Crippen LogP contribution is 2.28. The van der Waals surface area contributed by atoms with Crippen LogP contribution in [0.2, 0.25) is 0 Å². The topological polar surface area (TPSA) is 36.7 Å². The Balaban J connectivity index is 2.67. The zero-order valence-electron chi connectivity index (χ0n) is 8.82. The number of aromatic nitrogens is 1. The van der Waals surface area contributed by atoms with Crippen LogP contribution < -0.4 is 0 Å². The van der Waals surface area contributed by atoms with Crippen molar-refractivity contribution in [3.05, 3.63) is 53.9 Å². The van der Waals surface area contributed by atoms with Crippen LogP contribution in [0.4, 0.5) is 8.78 Å². The summed E-state index contributed by atoms with van der Waals surface area (Å²) in [6.07, 6.45) is 1.29. The quantitative estimate of drug-likeness (QED) is 0.743. The highest BCUT2D eigenvalue weighted by molar-refractivity contribution is 5.67. The molecular weight excluding hydrogens is 222 g/mol. The van der Waals surface area contributed by atoms with Gasteiger partial charge >= 0.3 is 0 Å². The molecule has 0 saturated carbocycles. The van der Waals surface area contributed by atoms with Crippen LogP contribution in [-0.4, -0.2) is 4.98 Å². The monoisotopic (exact) mass is 230 g/mol. The van der Waals surface area contributed by atoms with Gasteiger partial charge < -0.3 is 0 Å². The van der Waals surface area contributed by atoms with E-state index in [1.807, 2.05) is 6.07 Å². The van der Waals surface area contributed by atoms with Gasteiger partial charge in [0.05, 0.1) is 12.5 Å². The third-order valence-corrected chi connectivity index (χ3v) is 2.40. The predicted octanol–water partition coefficient (Wildman–Crippen LogP) is 3.09. The fraction of sp³-hybridized carbons (Fsp3) is 0.0769. The molecule has 0 amide bonds. The smallest absolute Gasteiger partial charge is 0.221 e. The second kappa shape index (κ2) is 4.71. The molecule has 1 aromatic heterocycles. The van der Waals surface area contributed by atoms with E-state index in [0.29, 0.717) is 5.56 Å². The Labute approximate surface area is 97.2 Å². The Hall–Kier alpha value is -2.28. The van der Waals surface area contributed by atoms with Crippen LogP contribution in [0.3, 0.4) is 0 Å². The van der Waals surface area contributed by atoms with E-state index in [9.17, 15) is 8.78 Å². The van der Waals surface area contributed by atoms with Gasteiger partial charge in [0, 0.05) is 17.3 Å². The van der Waals surface area contributed by atoms with E-state index < -0.39 is 11.8 Å². The second-order valence-electron chi connectivity index (χ2n) is 3.45. The Bertz CT molecular complexity index is 588. The van der Waals surface area contributed by atoms with Gasteiger partial charge in [-0.3, -0.25) is 0 Å². The van der Waals surface area contributed by atoms with E-state index in [2.05, 4.69) is 4.98 Å². The molecule has 0 aliphatic carbocycles. The van der Waals surface area contributed by atoms with E-state index >= 15 is 0 Å². The zero-order valence-corrected chi connectivity index (χ0v) is 8.82. The number of benzene rings is 1. The lowest BCUT2D eigenvalue weighted by atomic mass is 9.99. The first-order valence-electron chi connectivity index (χ1n) is 4.99. The summed E-state index contributed by atoms with van der Waals surface area (Å²) in [7, 11) is 0. The van der Waals surface area contributed by atoms with Crippen molar-refractivity contribution in [1.29, 1.82) is 5.26 Å². The number of nitriles is 1. The van der Waals surface area contributed by atoms with E-state index in [1.54, 1.807) is 6.07 Å². The highest BCUT2D eigenvalue weighted by Gasteiger charge is 2.14. The van der Waals surface area contributed by atoms with Crippen LogP contribution in [0, 0.1) is 23.1 Å². The van der Waals surface area contributed by atoms with Crippen LogP contribution in [0.25, 0.3) is 11.1 Å². The number of rotatable bonds is 2. The van der Waals surface area contributed by atoms with Gasteiger partial charge in [-0.2, -0.15) is 9.65 Å².